The Hall–Kier alpha value is 1.37. The normalized spacial score (nSPS) is 5.00. The molecule has 0 aliphatic carbocycles. The molecule has 0 atom stereocenters. The quantitative estimate of drug-likeness (QED) is 0.301. The van der Waals surface area contributed by atoms with Gasteiger partial charge in [-0.15, -0.1) is 0 Å². The average Bonchev–Trinajstić information content (AvgIpc) is 1.54. The zero-order valence-electron chi connectivity index (χ0n) is 8.02. The molecule has 0 aromatic rings. The van der Waals surface area contributed by atoms with Crippen molar-refractivity contribution in [1.29, 1.82) is 0 Å². The van der Waals surface area contributed by atoms with E-state index in [0.717, 1.165) is 0 Å². The minimum atomic E-state index is -3.37. The van der Waals surface area contributed by atoms with E-state index in [-0.39, 0.29) is 56.6 Å². The van der Waals surface area contributed by atoms with E-state index in [1.165, 1.54) is 0 Å². The molecule has 0 unspecified atom stereocenters. The Balaban J connectivity index is -0.0000000184. The molecule has 0 saturated heterocycles. The molecule has 0 N–H and O–H groups in total. The second-order valence-electron chi connectivity index (χ2n) is 0.671. The Morgan fingerprint density at radius 2 is 0.467 bits per heavy atom. The fourth-order valence-corrected chi connectivity index (χ4v) is 0. The molecular weight excluding hydrogens is 258 g/mol. The molecule has 0 heterocycles. The van der Waals surface area contributed by atoms with Gasteiger partial charge in [0.05, 0.1) is 0 Å². The SMILES string of the molecule is O=P(=O)[O-].O=P(=O)[O-].O=P(=O)[O-].[Li+].[Li+].[Li+]. The van der Waals surface area contributed by atoms with Gasteiger partial charge >= 0.3 is 56.6 Å². The maximum absolute atomic E-state index is 8.48. The van der Waals surface area contributed by atoms with Crippen molar-refractivity contribution in [3.63, 3.8) is 0 Å². The van der Waals surface area contributed by atoms with E-state index in [9.17, 15) is 0 Å². The third kappa shape index (κ3) is 1460. The summed E-state index contributed by atoms with van der Waals surface area (Å²) in [6.45, 7) is 0. The number of rotatable bonds is 0. The predicted octanol–water partition coefficient (Wildman–Crippen LogP) is -10.7. The maximum Gasteiger partial charge on any atom is 1.00 e. The minimum absolute atomic E-state index is 0. The summed E-state index contributed by atoms with van der Waals surface area (Å²) >= 11 is 0. The van der Waals surface area contributed by atoms with Crippen LogP contribution >= 0.6 is 23.7 Å². The molecule has 15 heavy (non-hydrogen) atoms. The van der Waals surface area contributed by atoms with Crippen molar-refractivity contribution >= 4 is 23.7 Å². The summed E-state index contributed by atoms with van der Waals surface area (Å²) in [6, 6.07) is 0. The summed E-state index contributed by atoms with van der Waals surface area (Å²) in [4.78, 5) is 25.4. The first-order chi connectivity index (χ1) is 5.20. The van der Waals surface area contributed by atoms with Gasteiger partial charge in [0, 0.05) is 0 Å². The Bertz CT molecular complexity index is 213. The fraction of sp³-hybridized carbons (Fsp3) is 0. The van der Waals surface area contributed by atoms with Crippen LogP contribution in [0.1, 0.15) is 0 Å². The van der Waals surface area contributed by atoms with Crippen molar-refractivity contribution in [3.8, 4) is 0 Å². The van der Waals surface area contributed by atoms with Crippen molar-refractivity contribution < 1.29 is 98.7 Å². The molecule has 0 aliphatic heterocycles. The van der Waals surface area contributed by atoms with Crippen LogP contribution in [0.3, 0.4) is 0 Å². The minimum Gasteiger partial charge on any atom is -0.744 e. The van der Waals surface area contributed by atoms with Gasteiger partial charge in [0.1, 0.15) is 0 Å². The van der Waals surface area contributed by atoms with E-state index in [0.29, 0.717) is 0 Å². The number of hydrogen-bond acceptors (Lipinski definition) is 9. The molecule has 0 rings (SSSR count). The predicted molar refractivity (Wildman–Crippen MR) is 24.9 cm³/mol. The van der Waals surface area contributed by atoms with E-state index >= 15 is 0 Å². The monoisotopic (exact) mass is 258 g/mol. The largest absolute Gasteiger partial charge is 1.00 e. The molecule has 0 amide bonds. The first kappa shape index (κ1) is 36.0. The van der Waals surface area contributed by atoms with Crippen molar-refractivity contribution in [2.75, 3.05) is 0 Å². The summed E-state index contributed by atoms with van der Waals surface area (Å²) in [5.74, 6) is 0. The van der Waals surface area contributed by atoms with Crippen LogP contribution in [-0.2, 0) is 27.4 Å². The Morgan fingerprint density at radius 1 is 0.467 bits per heavy atom. The molecule has 0 radical (unpaired) electrons. The molecular formula is Li3O9P3. The first-order valence-electron chi connectivity index (χ1n) is 1.64. The van der Waals surface area contributed by atoms with Gasteiger partial charge < -0.3 is 14.7 Å². The smallest absolute Gasteiger partial charge is 0.744 e. The van der Waals surface area contributed by atoms with E-state index < -0.39 is 23.7 Å². The van der Waals surface area contributed by atoms with Crippen LogP contribution in [0, 0.1) is 0 Å². The Labute approximate surface area is 122 Å². The van der Waals surface area contributed by atoms with E-state index in [2.05, 4.69) is 0 Å². The van der Waals surface area contributed by atoms with Crippen LogP contribution < -0.4 is 71.3 Å². The van der Waals surface area contributed by atoms with E-state index in [4.69, 9.17) is 42.1 Å². The van der Waals surface area contributed by atoms with Gasteiger partial charge in [-0.25, -0.2) is 0 Å². The molecule has 9 nitrogen and oxygen atoms in total. The Morgan fingerprint density at radius 3 is 0.467 bits per heavy atom. The van der Waals surface area contributed by atoms with Crippen LogP contribution in [0.25, 0.3) is 0 Å². The second kappa shape index (κ2) is 29.5. The van der Waals surface area contributed by atoms with Crippen molar-refractivity contribution in [2.24, 2.45) is 0 Å². The fourth-order valence-electron chi connectivity index (χ4n) is 0. The zero-order chi connectivity index (χ0) is 10.7. The van der Waals surface area contributed by atoms with Gasteiger partial charge in [0.2, 0.25) is 23.7 Å². The third-order valence-electron chi connectivity index (χ3n) is 0. The molecule has 0 aromatic heterocycles. The van der Waals surface area contributed by atoms with Crippen LogP contribution in [0.5, 0.6) is 0 Å². The molecule has 0 aromatic carbocycles. The van der Waals surface area contributed by atoms with Crippen LogP contribution in [-0.4, -0.2) is 0 Å². The van der Waals surface area contributed by atoms with Crippen LogP contribution in [0.2, 0.25) is 0 Å². The second-order valence-corrected chi connectivity index (χ2v) is 2.01. The van der Waals surface area contributed by atoms with Crippen molar-refractivity contribution in [3.05, 3.63) is 0 Å². The topological polar surface area (TPSA) is 172 Å². The molecule has 0 aliphatic rings. The Kier molecular flexibility index (Phi) is 70.8. The van der Waals surface area contributed by atoms with Crippen LogP contribution in [0.4, 0.5) is 0 Å². The van der Waals surface area contributed by atoms with Gasteiger partial charge in [0.15, 0.2) is 0 Å². The van der Waals surface area contributed by atoms with Gasteiger partial charge in [-0.2, -0.15) is 0 Å². The van der Waals surface area contributed by atoms with Gasteiger partial charge in [0.25, 0.3) is 0 Å². The molecule has 0 bridgehead atoms. The maximum atomic E-state index is 8.48. The van der Waals surface area contributed by atoms with Crippen molar-refractivity contribution in [2.45, 2.75) is 0 Å². The van der Waals surface area contributed by atoms with Gasteiger partial charge in [-0.05, 0) is 0 Å². The van der Waals surface area contributed by atoms with E-state index in [1.54, 1.807) is 0 Å². The summed E-state index contributed by atoms with van der Waals surface area (Å²) in [5, 5.41) is 0. The molecule has 0 saturated carbocycles. The van der Waals surface area contributed by atoms with Gasteiger partial charge in [-0.1, -0.05) is 0 Å². The summed E-state index contributed by atoms with van der Waals surface area (Å²) < 4.78 is 50.9. The van der Waals surface area contributed by atoms with Gasteiger partial charge in [-0.3, -0.25) is 27.4 Å². The molecule has 72 valence electrons. The van der Waals surface area contributed by atoms with Crippen LogP contribution in [0.15, 0.2) is 0 Å². The molecule has 0 spiro atoms. The molecule has 0 fully saturated rings. The third-order valence-corrected chi connectivity index (χ3v) is 0. The molecule has 15 heteroatoms. The van der Waals surface area contributed by atoms with E-state index in [1.807, 2.05) is 0 Å². The summed E-state index contributed by atoms with van der Waals surface area (Å²) in [5.41, 5.74) is 0. The standard InChI is InChI=1S/3Li.3HO3P/c;;;3*1-4(2)3/h;;;3*(H,1,2,3)/q3*+1;;;/p-3. The zero-order valence-corrected chi connectivity index (χ0v) is 10.7. The number of hydrogen-bond donors (Lipinski definition) is 0. The first-order valence-corrected chi connectivity index (χ1v) is 4.93. The average molecular weight is 258 g/mol. The van der Waals surface area contributed by atoms with Crippen molar-refractivity contribution in [1.82, 2.24) is 0 Å². The summed E-state index contributed by atoms with van der Waals surface area (Å²) in [6.07, 6.45) is 0. The summed E-state index contributed by atoms with van der Waals surface area (Å²) in [7, 11) is -10.1.